The molecule has 114 valence electrons. The van der Waals surface area contributed by atoms with E-state index in [1.807, 2.05) is 11.0 Å². The Kier molecular flexibility index (Phi) is 3.85. The number of nitrogens with one attached hydrogen (secondary N) is 1. The molecule has 1 aliphatic carbocycles. The van der Waals surface area contributed by atoms with Crippen LogP contribution in [0.4, 0.5) is 4.39 Å². The summed E-state index contributed by atoms with van der Waals surface area (Å²) in [4.78, 5) is 14.0. The number of carbonyl (C=O) groups excluding carboxylic acids is 1. The lowest BCUT2D eigenvalue weighted by atomic mass is 10.1. The number of ether oxygens (including phenoxy) is 1. The van der Waals surface area contributed by atoms with Gasteiger partial charge in [-0.05, 0) is 37.0 Å². The molecule has 2 atom stereocenters. The van der Waals surface area contributed by atoms with Crippen LogP contribution in [0.3, 0.4) is 0 Å². The van der Waals surface area contributed by atoms with E-state index in [9.17, 15) is 9.18 Å². The Hall–Kier alpha value is -1.62. The highest BCUT2D eigenvalue weighted by Gasteiger charge is 2.37. The summed E-state index contributed by atoms with van der Waals surface area (Å²) in [6, 6.07) is 5.05. The molecular formula is C16H21FN2O2. The van der Waals surface area contributed by atoms with E-state index in [1.165, 1.54) is 26.0 Å². The van der Waals surface area contributed by atoms with Crippen LogP contribution >= 0.6 is 0 Å². The fraction of sp³-hybridized carbons (Fsp3) is 0.562. The molecule has 0 radical (unpaired) electrons. The Morgan fingerprint density at radius 2 is 2.24 bits per heavy atom. The van der Waals surface area contributed by atoms with Crippen LogP contribution < -0.4 is 10.1 Å². The molecule has 2 unspecified atom stereocenters. The molecule has 1 amide bonds. The van der Waals surface area contributed by atoms with Crippen molar-refractivity contribution in [1.29, 1.82) is 0 Å². The highest BCUT2D eigenvalue weighted by Crippen LogP contribution is 2.37. The Balaban J connectivity index is 1.81. The van der Waals surface area contributed by atoms with Crippen molar-refractivity contribution in [2.75, 3.05) is 13.7 Å². The Morgan fingerprint density at radius 1 is 1.48 bits per heavy atom. The number of benzene rings is 1. The minimum Gasteiger partial charge on any atom is -0.494 e. The van der Waals surface area contributed by atoms with Crippen LogP contribution in [0.15, 0.2) is 18.2 Å². The second-order valence-electron chi connectivity index (χ2n) is 6.01. The molecule has 0 aromatic heterocycles. The summed E-state index contributed by atoms with van der Waals surface area (Å²) in [5, 5.41) is 3.18. The van der Waals surface area contributed by atoms with Gasteiger partial charge in [0.1, 0.15) is 6.17 Å². The van der Waals surface area contributed by atoms with Gasteiger partial charge in [-0.1, -0.05) is 18.9 Å². The first-order chi connectivity index (χ1) is 10.1. The van der Waals surface area contributed by atoms with E-state index in [-0.39, 0.29) is 23.9 Å². The van der Waals surface area contributed by atoms with E-state index in [0.717, 1.165) is 17.9 Å². The minimum atomic E-state index is -0.397. The summed E-state index contributed by atoms with van der Waals surface area (Å²) < 4.78 is 18.8. The van der Waals surface area contributed by atoms with E-state index < -0.39 is 5.82 Å². The Morgan fingerprint density at radius 3 is 2.86 bits per heavy atom. The van der Waals surface area contributed by atoms with E-state index in [0.29, 0.717) is 6.54 Å². The van der Waals surface area contributed by atoms with Gasteiger partial charge in [-0.3, -0.25) is 10.1 Å². The lowest BCUT2D eigenvalue weighted by Gasteiger charge is -2.31. The maximum Gasteiger partial charge on any atom is 0.238 e. The van der Waals surface area contributed by atoms with Crippen molar-refractivity contribution in [2.24, 2.45) is 5.92 Å². The van der Waals surface area contributed by atoms with Crippen molar-refractivity contribution in [3.63, 3.8) is 0 Å². The molecule has 1 saturated carbocycles. The molecule has 1 saturated heterocycles. The maximum absolute atomic E-state index is 13.9. The second-order valence-corrected chi connectivity index (χ2v) is 6.01. The number of hydrogen-bond donors (Lipinski definition) is 1. The first-order valence-electron chi connectivity index (χ1n) is 7.48. The zero-order chi connectivity index (χ0) is 15.0. The molecule has 3 rings (SSSR count). The van der Waals surface area contributed by atoms with Crippen LogP contribution in [0.5, 0.6) is 5.75 Å². The first kappa shape index (κ1) is 14.3. The van der Waals surface area contributed by atoms with Crippen molar-refractivity contribution in [2.45, 2.75) is 38.4 Å². The number of amides is 1. The predicted molar refractivity (Wildman–Crippen MR) is 77.3 cm³/mol. The van der Waals surface area contributed by atoms with Crippen molar-refractivity contribution in [3.8, 4) is 5.75 Å². The quantitative estimate of drug-likeness (QED) is 0.906. The smallest absolute Gasteiger partial charge is 0.238 e. The van der Waals surface area contributed by atoms with Crippen molar-refractivity contribution < 1.29 is 13.9 Å². The first-order valence-corrected chi connectivity index (χ1v) is 7.48. The third-order valence-electron chi connectivity index (χ3n) is 4.35. The van der Waals surface area contributed by atoms with Gasteiger partial charge in [0.15, 0.2) is 11.6 Å². The van der Waals surface area contributed by atoms with Crippen molar-refractivity contribution in [1.82, 2.24) is 10.2 Å². The zero-order valence-electron chi connectivity index (χ0n) is 12.4. The molecule has 2 fully saturated rings. The van der Waals surface area contributed by atoms with Gasteiger partial charge in [0.25, 0.3) is 0 Å². The van der Waals surface area contributed by atoms with E-state index >= 15 is 0 Å². The van der Waals surface area contributed by atoms with Gasteiger partial charge in [-0.2, -0.15) is 0 Å². The van der Waals surface area contributed by atoms with Crippen LogP contribution in [0.25, 0.3) is 0 Å². The van der Waals surface area contributed by atoms with E-state index in [2.05, 4.69) is 12.2 Å². The largest absolute Gasteiger partial charge is 0.494 e. The van der Waals surface area contributed by atoms with Crippen LogP contribution in [0, 0.1) is 11.7 Å². The lowest BCUT2D eigenvalue weighted by molar-refractivity contribution is -0.130. The lowest BCUT2D eigenvalue weighted by Crippen LogP contribution is -2.38. The number of nitrogens with zero attached hydrogens (tertiary/aromatic N) is 1. The highest BCUT2D eigenvalue weighted by atomic mass is 19.1. The molecule has 2 aliphatic rings. The van der Waals surface area contributed by atoms with Crippen molar-refractivity contribution in [3.05, 3.63) is 29.6 Å². The molecule has 1 N–H and O–H groups in total. The highest BCUT2D eigenvalue weighted by molar-refractivity contribution is 5.81. The molecule has 5 heteroatoms. The third-order valence-corrected chi connectivity index (χ3v) is 4.35. The van der Waals surface area contributed by atoms with E-state index in [4.69, 9.17) is 4.74 Å². The van der Waals surface area contributed by atoms with Gasteiger partial charge >= 0.3 is 0 Å². The van der Waals surface area contributed by atoms with Gasteiger partial charge in [-0.25, -0.2) is 4.39 Å². The number of carbonyl (C=O) groups is 1. The zero-order valence-corrected chi connectivity index (χ0v) is 12.4. The standard InChI is InChI=1S/C16H21FN2O2/c1-10(7-11-3-4-11)19-15(20)9-18-16(19)12-5-6-14(21-2)13(17)8-12/h5-6,8,10-11,16,18H,3-4,7,9H2,1-2H3. The maximum atomic E-state index is 13.9. The molecule has 1 aromatic carbocycles. The topological polar surface area (TPSA) is 41.6 Å². The fourth-order valence-electron chi connectivity index (χ4n) is 3.10. The van der Waals surface area contributed by atoms with Crippen molar-refractivity contribution >= 4 is 5.91 Å². The molecule has 4 nitrogen and oxygen atoms in total. The summed E-state index contributed by atoms with van der Waals surface area (Å²) in [5.41, 5.74) is 0.766. The van der Waals surface area contributed by atoms with Crippen LogP contribution in [-0.4, -0.2) is 30.5 Å². The van der Waals surface area contributed by atoms with Gasteiger partial charge in [0, 0.05) is 6.04 Å². The van der Waals surface area contributed by atoms with Gasteiger partial charge < -0.3 is 9.64 Å². The normalized spacial score (nSPS) is 23.5. The summed E-state index contributed by atoms with van der Waals surface area (Å²) in [5.74, 6) is 0.664. The molecule has 1 heterocycles. The molecule has 1 aliphatic heterocycles. The van der Waals surface area contributed by atoms with E-state index in [1.54, 1.807) is 6.07 Å². The van der Waals surface area contributed by atoms with Gasteiger partial charge in [0.2, 0.25) is 5.91 Å². The number of halogens is 1. The Labute approximate surface area is 124 Å². The molecule has 0 spiro atoms. The van der Waals surface area contributed by atoms with Gasteiger partial charge in [0.05, 0.1) is 13.7 Å². The van der Waals surface area contributed by atoms with Crippen LogP contribution in [0.2, 0.25) is 0 Å². The number of methoxy groups -OCH3 is 1. The fourth-order valence-corrected chi connectivity index (χ4v) is 3.10. The molecule has 1 aromatic rings. The second kappa shape index (κ2) is 5.64. The molecular weight excluding hydrogens is 271 g/mol. The number of hydrogen-bond acceptors (Lipinski definition) is 3. The summed E-state index contributed by atoms with van der Waals surface area (Å²) in [7, 11) is 1.44. The van der Waals surface area contributed by atoms with Gasteiger partial charge in [-0.15, -0.1) is 0 Å². The molecule has 21 heavy (non-hydrogen) atoms. The summed E-state index contributed by atoms with van der Waals surface area (Å²) >= 11 is 0. The third kappa shape index (κ3) is 2.88. The molecule has 0 bridgehead atoms. The average molecular weight is 292 g/mol. The predicted octanol–water partition coefficient (Wildman–Crippen LogP) is 2.45. The summed E-state index contributed by atoms with van der Waals surface area (Å²) in [6.07, 6.45) is 3.32. The SMILES string of the molecule is COc1ccc(C2NCC(=O)N2C(C)CC2CC2)cc1F. The van der Waals surface area contributed by atoms with Crippen LogP contribution in [0.1, 0.15) is 37.9 Å². The Bertz CT molecular complexity index is 545. The summed E-state index contributed by atoms with van der Waals surface area (Å²) in [6.45, 7) is 2.39. The minimum absolute atomic E-state index is 0.0874. The van der Waals surface area contributed by atoms with Crippen LogP contribution in [-0.2, 0) is 4.79 Å². The number of rotatable bonds is 5. The monoisotopic (exact) mass is 292 g/mol. The average Bonchev–Trinajstić information content (AvgIpc) is 3.18.